The Morgan fingerprint density at radius 3 is 2.10 bits per heavy atom. The summed E-state index contributed by atoms with van der Waals surface area (Å²) in [5, 5.41) is 0. The molecule has 0 aliphatic carbocycles. The van der Waals surface area contributed by atoms with Crippen LogP contribution in [0.15, 0.2) is 23.1 Å². The van der Waals surface area contributed by atoms with Gasteiger partial charge in [-0.05, 0) is 69.1 Å². The molecular formula is C23H35N3O3S. The Hall–Kier alpha value is -1.60. The third-order valence-corrected chi connectivity index (χ3v) is 8.83. The van der Waals surface area contributed by atoms with E-state index in [1.54, 1.807) is 10.4 Å². The Labute approximate surface area is 181 Å². The number of likely N-dealkylation sites (tertiary alicyclic amines) is 1. The Balaban J connectivity index is 1.68. The maximum Gasteiger partial charge on any atom is 0.253 e. The van der Waals surface area contributed by atoms with Gasteiger partial charge in [-0.2, -0.15) is 4.31 Å². The maximum absolute atomic E-state index is 13.6. The van der Waals surface area contributed by atoms with Crippen LogP contribution in [0.1, 0.15) is 68.6 Å². The first-order valence-electron chi connectivity index (χ1n) is 11.7. The SMILES string of the molecule is CC1CCN(C(=O)c2ccc(N3CCCCC3)c(S(=O)(=O)N3CCCCC3)c2)CC1. The predicted molar refractivity (Wildman–Crippen MR) is 119 cm³/mol. The molecule has 6 nitrogen and oxygen atoms in total. The molecule has 3 saturated heterocycles. The summed E-state index contributed by atoms with van der Waals surface area (Å²) in [6, 6.07) is 5.37. The van der Waals surface area contributed by atoms with Gasteiger partial charge in [0.25, 0.3) is 5.91 Å². The van der Waals surface area contributed by atoms with Crippen molar-refractivity contribution < 1.29 is 13.2 Å². The summed E-state index contributed by atoms with van der Waals surface area (Å²) >= 11 is 0. The van der Waals surface area contributed by atoms with Crippen LogP contribution >= 0.6 is 0 Å². The van der Waals surface area contributed by atoms with E-state index in [4.69, 9.17) is 0 Å². The molecule has 30 heavy (non-hydrogen) atoms. The van der Waals surface area contributed by atoms with Crippen molar-refractivity contribution in [1.29, 1.82) is 0 Å². The number of piperidine rings is 3. The largest absolute Gasteiger partial charge is 0.370 e. The molecule has 0 radical (unpaired) electrons. The molecular weight excluding hydrogens is 398 g/mol. The fourth-order valence-corrected chi connectivity index (χ4v) is 6.64. The number of sulfonamides is 1. The Morgan fingerprint density at radius 2 is 1.47 bits per heavy atom. The molecule has 0 bridgehead atoms. The summed E-state index contributed by atoms with van der Waals surface area (Å²) in [7, 11) is -3.62. The molecule has 3 heterocycles. The molecule has 3 fully saturated rings. The lowest BCUT2D eigenvalue weighted by molar-refractivity contribution is 0.0697. The van der Waals surface area contributed by atoms with Crippen molar-refractivity contribution in [2.45, 2.75) is 63.2 Å². The van der Waals surface area contributed by atoms with Crippen LogP contribution in [0, 0.1) is 5.92 Å². The third kappa shape index (κ3) is 4.52. The molecule has 166 valence electrons. The van der Waals surface area contributed by atoms with Crippen molar-refractivity contribution in [2.24, 2.45) is 5.92 Å². The van der Waals surface area contributed by atoms with E-state index in [1.807, 2.05) is 17.0 Å². The molecule has 1 amide bonds. The van der Waals surface area contributed by atoms with Gasteiger partial charge < -0.3 is 9.80 Å². The maximum atomic E-state index is 13.6. The van der Waals surface area contributed by atoms with Crippen molar-refractivity contribution in [3.63, 3.8) is 0 Å². The first kappa shape index (κ1) is 21.6. The second kappa shape index (κ2) is 9.27. The van der Waals surface area contributed by atoms with Gasteiger partial charge in [0.2, 0.25) is 10.0 Å². The van der Waals surface area contributed by atoms with Crippen LogP contribution < -0.4 is 4.90 Å². The lowest BCUT2D eigenvalue weighted by atomic mass is 9.98. The van der Waals surface area contributed by atoms with Crippen LogP contribution in [-0.2, 0) is 10.0 Å². The monoisotopic (exact) mass is 433 g/mol. The molecule has 7 heteroatoms. The predicted octanol–water partition coefficient (Wildman–Crippen LogP) is 3.72. The summed E-state index contributed by atoms with van der Waals surface area (Å²) in [6.45, 7) is 6.62. The van der Waals surface area contributed by atoms with Gasteiger partial charge in [-0.15, -0.1) is 0 Å². The van der Waals surface area contributed by atoms with E-state index in [9.17, 15) is 13.2 Å². The van der Waals surface area contributed by atoms with Crippen LogP contribution in [0.5, 0.6) is 0 Å². The van der Waals surface area contributed by atoms with Gasteiger partial charge >= 0.3 is 0 Å². The molecule has 4 rings (SSSR count). The minimum Gasteiger partial charge on any atom is -0.370 e. The molecule has 3 aliphatic heterocycles. The molecule has 0 unspecified atom stereocenters. The summed E-state index contributed by atoms with van der Waals surface area (Å²) in [4.78, 5) is 17.5. The normalized spacial score (nSPS) is 22.3. The highest BCUT2D eigenvalue weighted by atomic mass is 32.2. The molecule has 3 aliphatic rings. The Bertz CT molecular complexity index is 850. The lowest BCUT2D eigenvalue weighted by Crippen LogP contribution is -2.39. The van der Waals surface area contributed by atoms with Gasteiger partial charge in [0.05, 0.1) is 5.69 Å². The number of carbonyl (C=O) groups is 1. The summed E-state index contributed by atoms with van der Waals surface area (Å²) in [5.74, 6) is 0.604. The number of nitrogens with zero attached hydrogens (tertiary/aromatic N) is 3. The van der Waals surface area contributed by atoms with Crippen molar-refractivity contribution >= 4 is 21.6 Å². The fraction of sp³-hybridized carbons (Fsp3) is 0.696. The van der Waals surface area contributed by atoms with Crippen LogP contribution in [0.25, 0.3) is 0 Å². The van der Waals surface area contributed by atoms with Gasteiger partial charge in [0, 0.05) is 44.8 Å². The number of anilines is 1. The molecule has 0 spiro atoms. The first-order chi connectivity index (χ1) is 14.5. The number of benzene rings is 1. The number of carbonyl (C=O) groups excluding carboxylic acids is 1. The molecule has 0 saturated carbocycles. The smallest absolute Gasteiger partial charge is 0.253 e. The third-order valence-electron chi connectivity index (χ3n) is 6.91. The molecule has 0 atom stereocenters. The minimum absolute atomic E-state index is 0.0396. The van der Waals surface area contributed by atoms with Gasteiger partial charge in [0.15, 0.2) is 0 Å². The van der Waals surface area contributed by atoms with Crippen LogP contribution in [0.2, 0.25) is 0 Å². The zero-order chi connectivity index (χ0) is 21.1. The van der Waals surface area contributed by atoms with Gasteiger partial charge in [-0.1, -0.05) is 13.3 Å². The molecule has 1 aromatic carbocycles. The molecule has 0 aromatic heterocycles. The van der Waals surface area contributed by atoms with E-state index in [-0.39, 0.29) is 5.91 Å². The lowest BCUT2D eigenvalue weighted by Gasteiger charge is -2.33. The summed E-state index contributed by atoms with van der Waals surface area (Å²) in [6.07, 6.45) is 8.26. The zero-order valence-electron chi connectivity index (χ0n) is 18.2. The van der Waals surface area contributed by atoms with Crippen molar-refractivity contribution in [3.05, 3.63) is 23.8 Å². The standard InChI is InChI=1S/C23H35N3O3S/c1-19-10-16-25(17-11-19)23(27)20-8-9-21(24-12-4-2-5-13-24)22(18-20)30(28,29)26-14-6-3-7-15-26/h8-9,18-19H,2-7,10-17H2,1H3. The average molecular weight is 434 g/mol. The topological polar surface area (TPSA) is 60.9 Å². The van der Waals surface area contributed by atoms with E-state index in [0.29, 0.717) is 29.5 Å². The van der Waals surface area contributed by atoms with Gasteiger partial charge in [-0.3, -0.25) is 4.79 Å². The zero-order valence-corrected chi connectivity index (χ0v) is 19.0. The summed E-state index contributed by atoms with van der Waals surface area (Å²) in [5.41, 5.74) is 1.27. The fourth-order valence-electron chi connectivity index (χ4n) is 4.89. The van der Waals surface area contributed by atoms with Crippen LogP contribution in [-0.4, -0.2) is 62.8 Å². The van der Waals surface area contributed by atoms with Gasteiger partial charge in [-0.25, -0.2) is 8.42 Å². The summed E-state index contributed by atoms with van der Waals surface area (Å²) < 4.78 is 28.9. The second-order valence-corrected chi connectivity index (χ2v) is 11.1. The van der Waals surface area contributed by atoms with E-state index < -0.39 is 10.0 Å². The van der Waals surface area contributed by atoms with Crippen molar-refractivity contribution in [1.82, 2.24) is 9.21 Å². The Kier molecular flexibility index (Phi) is 6.68. The first-order valence-corrected chi connectivity index (χ1v) is 13.1. The van der Waals surface area contributed by atoms with Crippen molar-refractivity contribution in [3.8, 4) is 0 Å². The van der Waals surface area contributed by atoms with E-state index in [2.05, 4.69) is 11.8 Å². The Morgan fingerprint density at radius 1 is 0.867 bits per heavy atom. The average Bonchev–Trinajstić information content (AvgIpc) is 2.80. The quantitative estimate of drug-likeness (QED) is 0.726. The number of amides is 1. The molecule has 0 N–H and O–H groups in total. The van der Waals surface area contributed by atoms with E-state index in [0.717, 1.165) is 76.8 Å². The van der Waals surface area contributed by atoms with E-state index in [1.165, 1.54) is 6.42 Å². The minimum atomic E-state index is -3.62. The van der Waals surface area contributed by atoms with E-state index >= 15 is 0 Å². The molecule has 1 aromatic rings. The van der Waals surface area contributed by atoms with Crippen LogP contribution in [0.3, 0.4) is 0 Å². The number of rotatable bonds is 4. The highest BCUT2D eigenvalue weighted by Gasteiger charge is 2.32. The van der Waals surface area contributed by atoms with Crippen molar-refractivity contribution in [2.75, 3.05) is 44.2 Å². The number of hydrogen-bond acceptors (Lipinski definition) is 4. The second-order valence-electron chi connectivity index (χ2n) is 9.17. The number of hydrogen-bond donors (Lipinski definition) is 0. The van der Waals surface area contributed by atoms with Gasteiger partial charge in [0.1, 0.15) is 4.90 Å². The van der Waals surface area contributed by atoms with Crippen LogP contribution in [0.4, 0.5) is 5.69 Å². The highest BCUT2D eigenvalue weighted by Crippen LogP contribution is 2.33. The highest BCUT2D eigenvalue weighted by molar-refractivity contribution is 7.89.